The molecule has 3 N–H and O–H groups in total. The highest BCUT2D eigenvalue weighted by Gasteiger charge is 2.35. The van der Waals surface area contributed by atoms with Crippen LogP contribution in [0.1, 0.15) is 49.7 Å². The van der Waals surface area contributed by atoms with Crippen molar-refractivity contribution in [3.63, 3.8) is 0 Å². The van der Waals surface area contributed by atoms with Gasteiger partial charge in [0.2, 0.25) is 5.91 Å². The first-order chi connectivity index (χ1) is 10.6. The SMILES string of the molecule is Cl.NCC1(CC(=O)N2CCc3ccc(O)cc3C2)CCCCC1. The van der Waals surface area contributed by atoms with Gasteiger partial charge in [-0.25, -0.2) is 0 Å². The molecule has 1 aromatic rings. The number of amides is 1. The predicted octanol–water partition coefficient (Wildman–Crippen LogP) is 3.00. The molecule has 2 aliphatic rings. The minimum atomic E-state index is 0. The summed E-state index contributed by atoms with van der Waals surface area (Å²) in [7, 11) is 0. The Bertz CT molecular complexity index is 556. The Morgan fingerprint density at radius 3 is 2.65 bits per heavy atom. The van der Waals surface area contributed by atoms with Gasteiger partial charge in [-0.3, -0.25) is 4.79 Å². The maximum atomic E-state index is 12.7. The Hall–Kier alpha value is -1.26. The van der Waals surface area contributed by atoms with Crippen LogP contribution in [0.15, 0.2) is 18.2 Å². The third kappa shape index (κ3) is 3.99. The van der Waals surface area contributed by atoms with E-state index in [1.54, 1.807) is 12.1 Å². The molecule has 0 radical (unpaired) electrons. The predicted molar refractivity (Wildman–Crippen MR) is 93.7 cm³/mol. The number of rotatable bonds is 3. The lowest BCUT2D eigenvalue weighted by Gasteiger charge is -2.38. The van der Waals surface area contributed by atoms with E-state index < -0.39 is 0 Å². The molecule has 1 aliphatic carbocycles. The lowest BCUT2D eigenvalue weighted by atomic mass is 9.71. The van der Waals surface area contributed by atoms with Crippen LogP contribution in [0.25, 0.3) is 0 Å². The summed E-state index contributed by atoms with van der Waals surface area (Å²) in [4.78, 5) is 14.7. The molecule has 4 nitrogen and oxygen atoms in total. The number of fused-ring (bicyclic) bond motifs is 1. The van der Waals surface area contributed by atoms with Crippen LogP contribution in [0.4, 0.5) is 0 Å². The van der Waals surface area contributed by atoms with Gasteiger partial charge in [-0.05, 0) is 54.5 Å². The van der Waals surface area contributed by atoms with E-state index in [1.807, 2.05) is 11.0 Å². The molecule has 23 heavy (non-hydrogen) atoms. The zero-order valence-corrected chi connectivity index (χ0v) is 14.4. The molecule has 1 heterocycles. The van der Waals surface area contributed by atoms with E-state index in [2.05, 4.69) is 0 Å². The van der Waals surface area contributed by atoms with Crippen molar-refractivity contribution in [2.75, 3.05) is 13.1 Å². The van der Waals surface area contributed by atoms with Gasteiger partial charge in [0.25, 0.3) is 0 Å². The molecular formula is C18H27ClN2O2. The van der Waals surface area contributed by atoms with E-state index in [9.17, 15) is 9.90 Å². The van der Waals surface area contributed by atoms with Gasteiger partial charge in [0.05, 0.1) is 0 Å². The average Bonchev–Trinajstić information content (AvgIpc) is 2.55. The molecular weight excluding hydrogens is 312 g/mol. The molecule has 1 saturated carbocycles. The second kappa shape index (κ2) is 7.54. The van der Waals surface area contributed by atoms with Crippen LogP contribution in [0.3, 0.4) is 0 Å². The van der Waals surface area contributed by atoms with Gasteiger partial charge < -0.3 is 15.7 Å². The van der Waals surface area contributed by atoms with E-state index in [4.69, 9.17) is 5.73 Å². The van der Waals surface area contributed by atoms with Crippen molar-refractivity contribution in [1.82, 2.24) is 4.90 Å². The standard InChI is InChI=1S/C18H26N2O2.ClH/c19-13-18(7-2-1-3-8-18)11-17(22)20-9-6-14-4-5-16(21)10-15(14)12-20;/h4-5,10,21H,1-3,6-9,11-13,19H2;1H. The van der Waals surface area contributed by atoms with Crippen molar-refractivity contribution in [3.05, 3.63) is 29.3 Å². The molecule has 3 rings (SSSR count). The van der Waals surface area contributed by atoms with Crippen LogP contribution < -0.4 is 5.73 Å². The number of phenolic OH excluding ortho intramolecular Hbond substituents is 1. The molecule has 1 amide bonds. The second-order valence-electron chi connectivity index (χ2n) is 6.96. The van der Waals surface area contributed by atoms with Crippen molar-refractivity contribution in [2.24, 2.45) is 11.1 Å². The quantitative estimate of drug-likeness (QED) is 0.890. The third-order valence-electron chi connectivity index (χ3n) is 5.43. The zero-order chi connectivity index (χ0) is 15.6. The van der Waals surface area contributed by atoms with Gasteiger partial charge in [-0.2, -0.15) is 0 Å². The van der Waals surface area contributed by atoms with Crippen LogP contribution in [-0.2, 0) is 17.8 Å². The van der Waals surface area contributed by atoms with Crippen molar-refractivity contribution in [3.8, 4) is 5.75 Å². The van der Waals surface area contributed by atoms with Crippen LogP contribution in [0, 0.1) is 5.41 Å². The molecule has 0 aromatic heterocycles. The van der Waals surface area contributed by atoms with Gasteiger partial charge in [-0.1, -0.05) is 25.3 Å². The fourth-order valence-electron chi connectivity index (χ4n) is 3.94. The number of carbonyl (C=O) groups is 1. The molecule has 0 unspecified atom stereocenters. The summed E-state index contributed by atoms with van der Waals surface area (Å²) in [6, 6.07) is 5.48. The molecule has 0 atom stereocenters. The fraction of sp³-hybridized carbons (Fsp3) is 0.611. The summed E-state index contributed by atoms with van der Waals surface area (Å²) in [5.41, 5.74) is 8.35. The summed E-state index contributed by atoms with van der Waals surface area (Å²) in [5, 5.41) is 9.63. The first-order valence-electron chi connectivity index (χ1n) is 8.40. The van der Waals surface area contributed by atoms with Crippen molar-refractivity contribution >= 4 is 18.3 Å². The van der Waals surface area contributed by atoms with Gasteiger partial charge in [0.1, 0.15) is 5.75 Å². The van der Waals surface area contributed by atoms with Gasteiger partial charge in [0.15, 0.2) is 0 Å². The molecule has 5 heteroatoms. The molecule has 0 bridgehead atoms. The van der Waals surface area contributed by atoms with E-state index in [1.165, 1.54) is 24.8 Å². The van der Waals surface area contributed by atoms with Gasteiger partial charge in [-0.15, -0.1) is 12.4 Å². The number of hydrogen-bond donors (Lipinski definition) is 2. The van der Waals surface area contributed by atoms with Crippen LogP contribution in [0.2, 0.25) is 0 Å². The van der Waals surface area contributed by atoms with Crippen molar-refractivity contribution in [1.29, 1.82) is 0 Å². The Morgan fingerprint density at radius 1 is 1.22 bits per heavy atom. The van der Waals surface area contributed by atoms with E-state index >= 15 is 0 Å². The topological polar surface area (TPSA) is 66.6 Å². The number of halogens is 1. The van der Waals surface area contributed by atoms with Gasteiger partial charge in [0, 0.05) is 19.5 Å². The first kappa shape index (κ1) is 18.1. The molecule has 0 saturated heterocycles. The number of nitrogens with two attached hydrogens (primary N) is 1. The summed E-state index contributed by atoms with van der Waals surface area (Å²) < 4.78 is 0. The summed E-state index contributed by atoms with van der Waals surface area (Å²) in [6.07, 6.45) is 7.28. The average molecular weight is 339 g/mol. The summed E-state index contributed by atoms with van der Waals surface area (Å²) in [5.74, 6) is 0.500. The normalized spacial score (nSPS) is 19.6. The highest BCUT2D eigenvalue weighted by atomic mass is 35.5. The Kier molecular flexibility index (Phi) is 5.93. The highest BCUT2D eigenvalue weighted by Crippen LogP contribution is 2.39. The smallest absolute Gasteiger partial charge is 0.223 e. The molecule has 1 fully saturated rings. The Labute approximate surface area is 144 Å². The first-order valence-corrected chi connectivity index (χ1v) is 8.40. The maximum Gasteiger partial charge on any atom is 0.223 e. The fourth-order valence-corrected chi connectivity index (χ4v) is 3.94. The van der Waals surface area contributed by atoms with Crippen LogP contribution >= 0.6 is 12.4 Å². The number of carbonyl (C=O) groups excluding carboxylic acids is 1. The Balaban J connectivity index is 0.00000192. The number of hydrogen-bond acceptors (Lipinski definition) is 3. The van der Waals surface area contributed by atoms with Crippen molar-refractivity contribution < 1.29 is 9.90 Å². The minimum Gasteiger partial charge on any atom is -0.508 e. The molecule has 0 spiro atoms. The maximum absolute atomic E-state index is 12.7. The van der Waals surface area contributed by atoms with Crippen LogP contribution in [-0.4, -0.2) is 29.0 Å². The zero-order valence-electron chi connectivity index (χ0n) is 13.6. The third-order valence-corrected chi connectivity index (χ3v) is 5.43. The lowest BCUT2D eigenvalue weighted by Crippen LogP contribution is -2.42. The summed E-state index contributed by atoms with van der Waals surface area (Å²) >= 11 is 0. The lowest BCUT2D eigenvalue weighted by molar-refractivity contribution is -0.135. The highest BCUT2D eigenvalue weighted by molar-refractivity contribution is 5.85. The van der Waals surface area contributed by atoms with Crippen molar-refractivity contribution in [2.45, 2.75) is 51.5 Å². The molecule has 128 valence electrons. The monoisotopic (exact) mass is 338 g/mol. The number of aromatic hydroxyl groups is 1. The number of phenols is 1. The second-order valence-corrected chi connectivity index (χ2v) is 6.96. The molecule has 1 aromatic carbocycles. The molecule has 1 aliphatic heterocycles. The Morgan fingerprint density at radius 2 is 1.96 bits per heavy atom. The van der Waals surface area contributed by atoms with E-state index in [-0.39, 0.29) is 29.5 Å². The van der Waals surface area contributed by atoms with E-state index in [0.717, 1.165) is 31.4 Å². The number of nitrogens with zero attached hydrogens (tertiary/aromatic N) is 1. The number of benzene rings is 1. The minimum absolute atomic E-state index is 0. The summed E-state index contributed by atoms with van der Waals surface area (Å²) in [6.45, 7) is 2.00. The van der Waals surface area contributed by atoms with E-state index in [0.29, 0.717) is 19.5 Å². The largest absolute Gasteiger partial charge is 0.508 e. The van der Waals surface area contributed by atoms with Crippen LogP contribution in [0.5, 0.6) is 5.75 Å². The van der Waals surface area contributed by atoms with Gasteiger partial charge >= 0.3 is 0 Å².